The van der Waals surface area contributed by atoms with E-state index in [0.29, 0.717) is 29.4 Å². The highest BCUT2D eigenvalue weighted by Gasteiger charge is 2.32. The van der Waals surface area contributed by atoms with E-state index in [2.05, 4.69) is 0 Å². The fourth-order valence-corrected chi connectivity index (χ4v) is 2.77. The van der Waals surface area contributed by atoms with Crippen LogP contribution in [0.3, 0.4) is 0 Å². The number of carbonyl (C=O) groups is 2. The third-order valence-corrected chi connectivity index (χ3v) is 4.24. The molecule has 1 aliphatic carbocycles. The Morgan fingerprint density at radius 1 is 1.39 bits per heavy atom. The fourth-order valence-electron chi connectivity index (χ4n) is 2.77. The Bertz CT molecular complexity index is 634. The number of fused-ring (bicyclic) bond motifs is 1. The number of ketones is 1. The molecule has 2 aliphatic rings. The van der Waals surface area contributed by atoms with E-state index in [1.165, 1.54) is 12.8 Å². The molecule has 0 unspecified atom stereocenters. The lowest BCUT2D eigenvalue weighted by molar-refractivity contribution is -0.132. The number of benzene rings is 1. The maximum Gasteiger partial charge on any atom is 0.260 e. The van der Waals surface area contributed by atoms with Crippen molar-refractivity contribution < 1.29 is 19.1 Å². The van der Waals surface area contributed by atoms with Crippen molar-refractivity contribution in [3.05, 3.63) is 23.8 Å². The summed E-state index contributed by atoms with van der Waals surface area (Å²) in [5.74, 6) is 1.77. The summed E-state index contributed by atoms with van der Waals surface area (Å²) in [7, 11) is 1.81. The average Bonchev–Trinajstić information content (AvgIpc) is 3.26. The summed E-state index contributed by atoms with van der Waals surface area (Å²) < 4.78 is 11.4. The van der Waals surface area contributed by atoms with Crippen molar-refractivity contribution in [3.8, 4) is 11.5 Å². The quantitative estimate of drug-likeness (QED) is 0.838. The number of carbonyl (C=O) groups excluding carboxylic acids is 2. The van der Waals surface area contributed by atoms with Crippen molar-refractivity contribution in [1.82, 2.24) is 4.90 Å². The van der Waals surface area contributed by atoms with Gasteiger partial charge in [-0.05, 0) is 44.7 Å². The van der Waals surface area contributed by atoms with E-state index in [0.717, 1.165) is 6.54 Å². The van der Waals surface area contributed by atoms with Gasteiger partial charge in [0.15, 0.2) is 12.4 Å². The number of ether oxygens (including phenoxy) is 2. The van der Waals surface area contributed by atoms with E-state index < -0.39 is 5.60 Å². The lowest BCUT2D eigenvalue weighted by atomic mass is 9.93. The van der Waals surface area contributed by atoms with Crippen LogP contribution in [0.15, 0.2) is 18.2 Å². The summed E-state index contributed by atoms with van der Waals surface area (Å²) in [5, 5.41) is 0. The zero-order chi connectivity index (χ0) is 16.6. The highest BCUT2D eigenvalue weighted by Crippen LogP contribution is 2.35. The summed E-state index contributed by atoms with van der Waals surface area (Å²) >= 11 is 0. The summed E-state index contributed by atoms with van der Waals surface area (Å²) in [6.07, 6.45) is 2.79. The van der Waals surface area contributed by atoms with Crippen LogP contribution in [0.5, 0.6) is 11.5 Å². The summed E-state index contributed by atoms with van der Waals surface area (Å²) in [6, 6.07) is 5.12. The lowest BCUT2D eigenvalue weighted by Gasteiger charge is -2.31. The summed E-state index contributed by atoms with van der Waals surface area (Å²) in [6.45, 7) is 4.58. The van der Waals surface area contributed by atoms with Crippen LogP contribution in [0.25, 0.3) is 0 Å². The third-order valence-electron chi connectivity index (χ3n) is 4.24. The molecule has 5 nitrogen and oxygen atoms in total. The van der Waals surface area contributed by atoms with E-state index >= 15 is 0 Å². The molecule has 0 N–H and O–H groups in total. The van der Waals surface area contributed by atoms with Gasteiger partial charge in [0.25, 0.3) is 5.91 Å². The van der Waals surface area contributed by atoms with E-state index in [4.69, 9.17) is 9.47 Å². The third kappa shape index (κ3) is 3.84. The van der Waals surface area contributed by atoms with Gasteiger partial charge in [-0.25, -0.2) is 0 Å². The molecule has 0 atom stereocenters. The number of amides is 1. The van der Waals surface area contributed by atoms with Gasteiger partial charge in [0.1, 0.15) is 17.1 Å². The van der Waals surface area contributed by atoms with Gasteiger partial charge in [0, 0.05) is 19.7 Å². The number of hydrogen-bond acceptors (Lipinski definition) is 4. The molecule has 1 aromatic carbocycles. The number of likely N-dealkylation sites (N-methyl/N-ethyl adjacent to an activating group) is 1. The Morgan fingerprint density at radius 3 is 2.83 bits per heavy atom. The maximum absolute atomic E-state index is 12.1. The molecule has 1 aliphatic heterocycles. The number of hydrogen-bond donors (Lipinski definition) is 0. The van der Waals surface area contributed by atoms with Gasteiger partial charge >= 0.3 is 0 Å². The Hall–Kier alpha value is -2.04. The number of nitrogens with zero attached hydrogens (tertiary/aromatic N) is 1. The SMILES string of the molecule is CN(CC1CC1)C(=O)COc1ccc2c(c1)OC(C)(C)CC2=O. The van der Waals surface area contributed by atoms with Crippen LogP contribution in [0.2, 0.25) is 0 Å². The predicted molar refractivity (Wildman–Crippen MR) is 86.0 cm³/mol. The molecule has 23 heavy (non-hydrogen) atoms. The highest BCUT2D eigenvalue weighted by molar-refractivity contribution is 6.00. The molecule has 1 amide bonds. The molecule has 0 spiro atoms. The zero-order valence-corrected chi connectivity index (χ0v) is 13.9. The van der Waals surface area contributed by atoms with Gasteiger partial charge in [-0.1, -0.05) is 0 Å². The number of rotatable bonds is 5. The van der Waals surface area contributed by atoms with Crippen molar-refractivity contribution in [2.24, 2.45) is 5.92 Å². The molecule has 0 radical (unpaired) electrons. The molecular weight excluding hydrogens is 294 g/mol. The van der Waals surface area contributed by atoms with Gasteiger partial charge < -0.3 is 14.4 Å². The monoisotopic (exact) mass is 317 g/mol. The van der Waals surface area contributed by atoms with Crippen molar-refractivity contribution >= 4 is 11.7 Å². The van der Waals surface area contributed by atoms with Crippen molar-refractivity contribution in [2.75, 3.05) is 20.2 Å². The molecule has 0 aromatic heterocycles. The molecule has 1 heterocycles. The van der Waals surface area contributed by atoms with Crippen molar-refractivity contribution in [3.63, 3.8) is 0 Å². The van der Waals surface area contributed by atoms with Crippen molar-refractivity contribution in [2.45, 2.75) is 38.7 Å². The van der Waals surface area contributed by atoms with E-state index in [1.807, 2.05) is 13.8 Å². The fraction of sp³-hybridized carbons (Fsp3) is 0.556. The summed E-state index contributed by atoms with van der Waals surface area (Å²) in [4.78, 5) is 25.9. The molecule has 1 aromatic rings. The van der Waals surface area contributed by atoms with Crippen LogP contribution in [-0.2, 0) is 4.79 Å². The Morgan fingerprint density at radius 2 is 2.13 bits per heavy atom. The Balaban J connectivity index is 1.63. The largest absolute Gasteiger partial charge is 0.486 e. The standard InChI is InChI=1S/C18H23NO4/c1-18(2)9-15(20)14-7-6-13(8-16(14)23-18)22-11-17(21)19(3)10-12-4-5-12/h6-8,12H,4-5,9-11H2,1-3H3. The van der Waals surface area contributed by atoms with E-state index in [1.54, 1.807) is 30.1 Å². The molecule has 124 valence electrons. The maximum atomic E-state index is 12.1. The van der Waals surface area contributed by atoms with Crippen LogP contribution < -0.4 is 9.47 Å². The van der Waals surface area contributed by atoms with Crippen LogP contribution in [0.1, 0.15) is 43.5 Å². The lowest BCUT2D eigenvalue weighted by Crippen LogP contribution is -2.36. The topological polar surface area (TPSA) is 55.8 Å². The van der Waals surface area contributed by atoms with Crippen LogP contribution in [0, 0.1) is 5.92 Å². The Labute approximate surface area is 136 Å². The normalized spacial score (nSPS) is 18.8. The minimum atomic E-state index is -0.511. The molecular formula is C18H23NO4. The molecule has 1 fully saturated rings. The van der Waals surface area contributed by atoms with Crippen LogP contribution in [-0.4, -0.2) is 42.4 Å². The molecule has 0 saturated heterocycles. The molecule has 5 heteroatoms. The first kappa shape index (κ1) is 15.8. The second-order valence-electron chi connectivity index (χ2n) is 7.13. The van der Waals surface area contributed by atoms with E-state index in [-0.39, 0.29) is 18.3 Å². The molecule has 3 rings (SSSR count). The van der Waals surface area contributed by atoms with Gasteiger partial charge in [0.2, 0.25) is 0 Å². The second kappa shape index (κ2) is 5.87. The minimum Gasteiger partial charge on any atom is -0.486 e. The van der Waals surface area contributed by atoms with Gasteiger partial charge in [-0.3, -0.25) is 9.59 Å². The molecule has 1 saturated carbocycles. The van der Waals surface area contributed by atoms with Crippen LogP contribution >= 0.6 is 0 Å². The zero-order valence-electron chi connectivity index (χ0n) is 13.9. The Kier molecular flexibility index (Phi) is 4.04. The highest BCUT2D eigenvalue weighted by atomic mass is 16.5. The summed E-state index contributed by atoms with van der Waals surface area (Å²) in [5.41, 5.74) is 0.0667. The van der Waals surface area contributed by atoms with Gasteiger partial charge in [-0.2, -0.15) is 0 Å². The average molecular weight is 317 g/mol. The van der Waals surface area contributed by atoms with Gasteiger partial charge in [-0.15, -0.1) is 0 Å². The smallest absolute Gasteiger partial charge is 0.260 e. The minimum absolute atomic E-state index is 0.000649. The van der Waals surface area contributed by atoms with Gasteiger partial charge in [0.05, 0.1) is 12.0 Å². The van der Waals surface area contributed by atoms with E-state index in [9.17, 15) is 9.59 Å². The first-order valence-electron chi connectivity index (χ1n) is 8.07. The molecule has 0 bridgehead atoms. The van der Waals surface area contributed by atoms with Crippen LogP contribution in [0.4, 0.5) is 0 Å². The second-order valence-corrected chi connectivity index (χ2v) is 7.13. The first-order chi connectivity index (χ1) is 10.8. The first-order valence-corrected chi connectivity index (χ1v) is 8.07. The predicted octanol–water partition coefficient (Wildman–Crippen LogP) is 2.68. The number of Topliss-reactive ketones (excluding diaryl/α,β-unsaturated/α-hetero) is 1. The van der Waals surface area contributed by atoms with Crippen molar-refractivity contribution in [1.29, 1.82) is 0 Å².